The highest BCUT2D eigenvalue weighted by Crippen LogP contribution is 2.18. The van der Waals surface area contributed by atoms with Gasteiger partial charge in [0.1, 0.15) is 18.1 Å². The van der Waals surface area contributed by atoms with E-state index < -0.39 is 0 Å². The van der Waals surface area contributed by atoms with Crippen LogP contribution in [0.4, 0.5) is 0 Å². The number of likely N-dealkylation sites (N-methyl/N-ethyl adjacent to an activating group) is 1. The molecule has 0 aromatic heterocycles. The van der Waals surface area contributed by atoms with Gasteiger partial charge in [0.05, 0.1) is 7.11 Å². The molecule has 0 radical (unpaired) electrons. The van der Waals surface area contributed by atoms with Crippen LogP contribution in [0.3, 0.4) is 0 Å². The Bertz CT molecular complexity index is 426. The molecule has 1 aliphatic heterocycles. The van der Waals surface area contributed by atoms with E-state index in [9.17, 15) is 0 Å². The predicted molar refractivity (Wildman–Crippen MR) is 81.6 cm³/mol. The average molecular weight is 276 g/mol. The van der Waals surface area contributed by atoms with Crippen LogP contribution in [0.2, 0.25) is 0 Å². The van der Waals surface area contributed by atoms with E-state index in [1.807, 2.05) is 24.3 Å². The summed E-state index contributed by atoms with van der Waals surface area (Å²) in [6.45, 7) is 6.23. The quantitative estimate of drug-likeness (QED) is 0.741. The minimum absolute atomic E-state index is 0.598. The Morgan fingerprint density at radius 3 is 2.60 bits per heavy atom. The number of piperazine rings is 1. The van der Waals surface area contributed by atoms with Crippen molar-refractivity contribution in [3.05, 3.63) is 36.4 Å². The third-order valence-electron chi connectivity index (χ3n) is 3.51. The molecule has 0 atom stereocenters. The van der Waals surface area contributed by atoms with Gasteiger partial charge in [-0.15, -0.1) is 0 Å². The fourth-order valence-corrected chi connectivity index (χ4v) is 2.16. The number of ether oxygens (including phenoxy) is 2. The first-order chi connectivity index (χ1) is 9.78. The zero-order valence-corrected chi connectivity index (χ0v) is 12.4. The Balaban J connectivity index is 1.66. The van der Waals surface area contributed by atoms with Crippen LogP contribution in [0.5, 0.6) is 11.5 Å². The maximum atomic E-state index is 5.66. The van der Waals surface area contributed by atoms with Gasteiger partial charge in [0.15, 0.2) is 0 Å². The molecule has 1 heterocycles. The van der Waals surface area contributed by atoms with Gasteiger partial charge in [-0.2, -0.15) is 0 Å². The van der Waals surface area contributed by atoms with Crippen LogP contribution in [-0.2, 0) is 0 Å². The summed E-state index contributed by atoms with van der Waals surface area (Å²) < 4.78 is 10.8. The molecule has 1 saturated heterocycles. The summed E-state index contributed by atoms with van der Waals surface area (Å²) in [6.07, 6.45) is 4.27. The summed E-state index contributed by atoms with van der Waals surface area (Å²) in [7, 11) is 3.84. The number of benzene rings is 1. The van der Waals surface area contributed by atoms with Crippen LogP contribution >= 0.6 is 0 Å². The maximum absolute atomic E-state index is 5.66. The SMILES string of the molecule is COc1cccc(OC/C=C/CN2CCN(C)CC2)c1. The largest absolute Gasteiger partial charge is 0.497 e. The van der Waals surface area contributed by atoms with Gasteiger partial charge in [0, 0.05) is 38.8 Å². The number of methoxy groups -OCH3 is 1. The van der Waals surface area contributed by atoms with Crippen molar-refractivity contribution < 1.29 is 9.47 Å². The van der Waals surface area contributed by atoms with Gasteiger partial charge in [-0.3, -0.25) is 4.90 Å². The molecule has 4 heteroatoms. The molecule has 1 aromatic rings. The fraction of sp³-hybridized carbons (Fsp3) is 0.500. The number of hydrogen-bond donors (Lipinski definition) is 0. The number of nitrogens with zero attached hydrogens (tertiary/aromatic N) is 2. The second-order valence-corrected chi connectivity index (χ2v) is 5.07. The molecule has 0 unspecified atom stereocenters. The highest BCUT2D eigenvalue weighted by atomic mass is 16.5. The molecule has 0 N–H and O–H groups in total. The van der Waals surface area contributed by atoms with Crippen LogP contribution < -0.4 is 9.47 Å². The van der Waals surface area contributed by atoms with Gasteiger partial charge in [0.2, 0.25) is 0 Å². The molecule has 2 rings (SSSR count). The third-order valence-corrected chi connectivity index (χ3v) is 3.51. The lowest BCUT2D eigenvalue weighted by molar-refractivity contribution is 0.166. The maximum Gasteiger partial charge on any atom is 0.123 e. The van der Waals surface area contributed by atoms with Gasteiger partial charge in [0.25, 0.3) is 0 Å². The predicted octanol–water partition coefficient (Wildman–Crippen LogP) is 1.88. The topological polar surface area (TPSA) is 24.9 Å². The third kappa shape index (κ3) is 4.87. The molecular formula is C16H24N2O2. The van der Waals surface area contributed by atoms with Gasteiger partial charge in [-0.25, -0.2) is 0 Å². The normalized spacial score (nSPS) is 17.5. The Morgan fingerprint density at radius 1 is 1.10 bits per heavy atom. The van der Waals surface area contributed by atoms with Crippen LogP contribution in [0, 0.1) is 0 Å². The van der Waals surface area contributed by atoms with E-state index in [0.717, 1.165) is 44.2 Å². The lowest BCUT2D eigenvalue weighted by Crippen LogP contribution is -2.44. The van der Waals surface area contributed by atoms with E-state index in [2.05, 4.69) is 29.0 Å². The minimum Gasteiger partial charge on any atom is -0.497 e. The van der Waals surface area contributed by atoms with E-state index >= 15 is 0 Å². The highest BCUT2D eigenvalue weighted by Gasteiger charge is 2.11. The summed E-state index contributed by atoms with van der Waals surface area (Å²) in [5, 5.41) is 0. The molecule has 0 bridgehead atoms. The molecule has 1 fully saturated rings. The minimum atomic E-state index is 0.598. The molecule has 1 aliphatic rings. The summed E-state index contributed by atoms with van der Waals surface area (Å²) in [4.78, 5) is 4.83. The molecule has 0 saturated carbocycles. The molecule has 110 valence electrons. The van der Waals surface area contributed by atoms with Crippen molar-refractivity contribution in [2.75, 3.05) is 53.5 Å². The molecule has 0 spiro atoms. The Hall–Kier alpha value is -1.52. The van der Waals surface area contributed by atoms with Crippen LogP contribution in [0.25, 0.3) is 0 Å². The lowest BCUT2D eigenvalue weighted by atomic mass is 10.3. The first kappa shape index (κ1) is 14.9. The first-order valence-electron chi connectivity index (χ1n) is 7.10. The van der Waals surface area contributed by atoms with Crippen molar-refractivity contribution in [3.8, 4) is 11.5 Å². The van der Waals surface area contributed by atoms with E-state index in [0.29, 0.717) is 6.61 Å². The van der Waals surface area contributed by atoms with Crippen LogP contribution in [0.15, 0.2) is 36.4 Å². The van der Waals surface area contributed by atoms with Gasteiger partial charge in [-0.05, 0) is 19.2 Å². The van der Waals surface area contributed by atoms with E-state index in [1.54, 1.807) is 7.11 Å². The zero-order chi connectivity index (χ0) is 14.2. The van der Waals surface area contributed by atoms with Gasteiger partial charge < -0.3 is 14.4 Å². The van der Waals surface area contributed by atoms with Crippen molar-refractivity contribution >= 4 is 0 Å². The molecule has 4 nitrogen and oxygen atoms in total. The second kappa shape index (κ2) is 7.92. The zero-order valence-electron chi connectivity index (χ0n) is 12.4. The number of rotatable bonds is 6. The second-order valence-electron chi connectivity index (χ2n) is 5.07. The Labute approximate surface area is 121 Å². The fourth-order valence-electron chi connectivity index (χ4n) is 2.16. The summed E-state index contributed by atoms with van der Waals surface area (Å²) >= 11 is 0. The molecular weight excluding hydrogens is 252 g/mol. The van der Waals surface area contributed by atoms with Crippen molar-refractivity contribution in [2.24, 2.45) is 0 Å². The molecule has 20 heavy (non-hydrogen) atoms. The van der Waals surface area contributed by atoms with E-state index in [-0.39, 0.29) is 0 Å². The van der Waals surface area contributed by atoms with Crippen LogP contribution in [0.1, 0.15) is 0 Å². The molecule has 0 aliphatic carbocycles. The smallest absolute Gasteiger partial charge is 0.123 e. The van der Waals surface area contributed by atoms with Crippen molar-refractivity contribution in [1.29, 1.82) is 0 Å². The van der Waals surface area contributed by atoms with Crippen molar-refractivity contribution in [3.63, 3.8) is 0 Å². The summed E-state index contributed by atoms with van der Waals surface area (Å²) in [5.41, 5.74) is 0. The monoisotopic (exact) mass is 276 g/mol. The number of hydrogen-bond acceptors (Lipinski definition) is 4. The highest BCUT2D eigenvalue weighted by molar-refractivity contribution is 5.32. The molecule has 1 aromatic carbocycles. The van der Waals surface area contributed by atoms with E-state index in [1.165, 1.54) is 0 Å². The standard InChI is InChI=1S/C16H24N2O2/c1-17-9-11-18(12-10-17)8-3-4-13-20-16-7-5-6-15(14-16)19-2/h3-7,14H,8-13H2,1-2H3/b4-3+. The van der Waals surface area contributed by atoms with Gasteiger partial charge in [-0.1, -0.05) is 18.2 Å². The van der Waals surface area contributed by atoms with Crippen molar-refractivity contribution in [2.45, 2.75) is 0 Å². The average Bonchev–Trinajstić information content (AvgIpc) is 2.49. The molecule has 0 amide bonds. The van der Waals surface area contributed by atoms with E-state index in [4.69, 9.17) is 9.47 Å². The summed E-state index contributed by atoms with van der Waals surface area (Å²) in [5.74, 6) is 1.66. The van der Waals surface area contributed by atoms with Crippen LogP contribution in [-0.4, -0.2) is 63.3 Å². The first-order valence-corrected chi connectivity index (χ1v) is 7.10. The Kier molecular flexibility index (Phi) is 5.89. The summed E-state index contributed by atoms with van der Waals surface area (Å²) in [6, 6.07) is 7.68. The van der Waals surface area contributed by atoms with Crippen molar-refractivity contribution in [1.82, 2.24) is 9.80 Å². The van der Waals surface area contributed by atoms with Gasteiger partial charge >= 0.3 is 0 Å². The Morgan fingerprint density at radius 2 is 1.85 bits per heavy atom. The lowest BCUT2D eigenvalue weighted by Gasteiger charge is -2.31.